The topological polar surface area (TPSA) is 74.2 Å². The first kappa shape index (κ1) is 25.6. The second-order valence-electron chi connectivity index (χ2n) is 7.19. The Kier molecular flexibility index (Phi) is 10.1. The molecule has 1 aromatic rings. The van der Waals surface area contributed by atoms with Gasteiger partial charge in [-0.05, 0) is 24.6 Å². The lowest BCUT2D eigenvalue weighted by molar-refractivity contribution is -0.0604. The number of thioether (sulfide) groups is 1. The Morgan fingerprint density at radius 1 is 1.27 bits per heavy atom. The number of halogens is 2. The number of hydrogen-bond acceptors (Lipinski definition) is 5. The Labute approximate surface area is 199 Å². The van der Waals surface area contributed by atoms with Gasteiger partial charge in [0.25, 0.3) is 0 Å². The minimum Gasteiger partial charge on any atom is -0.367 e. The van der Waals surface area contributed by atoms with Crippen LogP contribution in [0.3, 0.4) is 0 Å². The number of rotatable bonds is 5. The van der Waals surface area contributed by atoms with Gasteiger partial charge in [0.15, 0.2) is 5.96 Å². The van der Waals surface area contributed by atoms with Crippen LogP contribution in [-0.2, 0) is 14.8 Å². The van der Waals surface area contributed by atoms with Gasteiger partial charge in [0, 0.05) is 44.7 Å². The lowest BCUT2D eigenvalue weighted by atomic mass is 10.1. The van der Waals surface area contributed by atoms with Crippen molar-refractivity contribution in [2.75, 3.05) is 57.0 Å². The molecule has 0 radical (unpaired) electrons. The molecule has 2 atom stereocenters. The monoisotopic (exact) mass is 572 g/mol. The van der Waals surface area contributed by atoms with Crippen LogP contribution in [0.2, 0.25) is 0 Å². The standard InChI is InChI=1S/C19H29FN4O3S2.HI/c1-15-13-23(14-18(27-15)16-3-5-17(20)6-4-16)19(21-2)22-7-12-29(25,26)24-8-10-28-11-9-24;/h3-6,15,18H,7-14H2,1-2H3,(H,21,22);1H. The van der Waals surface area contributed by atoms with Crippen molar-refractivity contribution in [2.45, 2.75) is 19.1 Å². The summed E-state index contributed by atoms with van der Waals surface area (Å²) >= 11 is 1.79. The third kappa shape index (κ3) is 6.94. The second kappa shape index (κ2) is 11.8. The van der Waals surface area contributed by atoms with Gasteiger partial charge in [-0.1, -0.05) is 12.1 Å². The van der Waals surface area contributed by atoms with Gasteiger partial charge in [-0.25, -0.2) is 17.1 Å². The third-order valence-electron chi connectivity index (χ3n) is 5.02. The molecule has 0 bridgehead atoms. The Bertz CT molecular complexity index is 805. The van der Waals surface area contributed by atoms with E-state index in [1.54, 1.807) is 35.2 Å². The van der Waals surface area contributed by atoms with Crippen LogP contribution in [-0.4, -0.2) is 86.7 Å². The first-order valence-corrected chi connectivity index (χ1v) is 12.6. The van der Waals surface area contributed by atoms with Crippen molar-refractivity contribution in [1.29, 1.82) is 0 Å². The summed E-state index contributed by atoms with van der Waals surface area (Å²) < 4.78 is 45.9. The van der Waals surface area contributed by atoms with Gasteiger partial charge >= 0.3 is 0 Å². The normalized spacial score (nSPS) is 23.7. The summed E-state index contributed by atoms with van der Waals surface area (Å²) in [6.45, 7) is 4.66. The van der Waals surface area contributed by atoms with Crippen molar-refractivity contribution in [2.24, 2.45) is 4.99 Å². The van der Waals surface area contributed by atoms with Crippen LogP contribution in [0.25, 0.3) is 0 Å². The van der Waals surface area contributed by atoms with Crippen molar-refractivity contribution < 1.29 is 17.5 Å². The number of guanidine groups is 1. The third-order valence-corrected chi connectivity index (χ3v) is 7.83. The number of aliphatic imine (C=N–C) groups is 1. The van der Waals surface area contributed by atoms with Gasteiger partial charge in [-0.2, -0.15) is 11.8 Å². The molecule has 2 fully saturated rings. The highest BCUT2D eigenvalue weighted by Gasteiger charge is 2.29. The van der Waals surface area contributed by atoms with Crippen LogP contribution in [0, 0.1) is 5.82 Å². The molecule has 2 saturated heterocycles. The lowest BCUT2D eigenvalue weighted by Gasteiger charge is -2.38. The van der Waals surface area contributed by atoms with Crippen molar-refractivity contribution >= 4 is 51.7 Å². The van der Waals surface area contributed by atoms with Crippen molar-refractivity contribution in [3.05, 3.63) is 35.6 Å². The van der Waals surface area contributed by atoms with Gasteiger partial charge in [0.05, 0.1) is 18.4 Å². The number of benzene rings is 1. The zero-order chi connectivity index (χ0) is 20.9. The second-order valence-corrected chi connectivity index (χ2v) is 10.5. The van der Waals surface area contributed by atoms with Crippen molar-refractivity contribution in [3.8, 4) is 0 Å². The molecule has 7 nitrogen and oxygen atoms in total. The van der Waals surface area contributed by atoms with Crippen LogP contribution in [0.5, 0.6) is 0 Å². The highest BCUT2D eigenvalue weighted by molar-refractivity contribution is 14.0. The largest absolute Gasteiger partial charge is 0.367 e. The summed E-state index contributed by atoms with van der Waals surface area (Å²) in [7, 11) is -1.58. The SMILES string of the molecule is CN=C(NCCS(=O)(=O)N1CCSCC1)N1CC(C)OC(c2ccc(F)cc2)C1.I. The summed E-state index contributed by atoms with van der Waals surface area (Å²) in [5.74, 6) is 2.12. The lowest BCUT2D eigenvalue weighted by Crippen LogP contribution is -2.51. The van der Waals surface area contributed by atoms with E-state index in [9.17, 15) is 12.8 Å². The molecule has 0 spiro atoms. The summed E-state index contributed by atoms with van der Waals surface area (Å²) in [6.07, 6.45) is -0.237. The van der Waals surface area contributed by atoms with E-state index in [-0.39, 0.29) is 47.8 Å². The maximum atomic E-state index is 13.2. The number of ether oxygens (including phenoxy) is 1. The summed E-state index contributed by atoms with van der Waals surface area (Å²) in [6, 6.07) is 6.32. The molecule has 3 rings (SSSR count). The molecule has 170 valence electrons. The quantitative estimate of drug-likeness (QED) is 0.332. The highest BCUT2D eigenvalue weighted by Crippen LogP contribution is 2.25. The van der Waals surface area contributed by atoms with E-state index in [4.69, 9.17) is 4.74 Å². The van der Waals surface area contributed by atoms with Crippen LogP contribution < -0.4 is 5.32 Å². The van der Waals surface area contributed by atoms with E-state index in [2.05, 4.69) is 15.2 Å². The fourth-order valence-electron chi connectivity index (χ4n) is 3.56. The first-order valence-electron chi connectivity index (χ1n) is 9.81. The average Bonchev–Trinajstić information content (AvgIpc) is 2.72. The average molecular weight is 573 g/mol. The van der Waals surface area contributed by atoms with E-state index in [1.165, 1.54) is 12.1 Å². The molecule has 2 aliphatic rings. The van der Waals surface area contributed by atoms with Crippen LogP contribution in [0.1, 0.15) is 18.6 Å². The maximum absolute atomic E-state index is 13.2. The molecular formula is C19H30FIN4O3S2. The van der Waals surface area contributed by atoms with E-state index < -0.39 is 10.0 Å². The number of sulfonamides is 1. The molecule has 2 unspecified atom stereocenters. The van der Waals surface area contributed by atoms with E-state index in [0.29, 0.717) is 38.7 Å². The summed E-state index contributed by atoms with van der Waals surface area (Å²) in [5, 5.41) is 3.19. The minimum absolute atomic E-state index is 0. The molecule has 0 amide bonds. The molecular weight excluding hydrogens is 542 g/mol. The molecule has 1 aromatic carbocycles. The molecule has 0 saturated carbocycles. The maximum Gasteiger partial charge on any atom is 0.215 e. The van der Waals surface area contributed by atoms with E-state index in [0.717, 1.165) is 17.1 Å². The number of nitrogens with one attached hydrogen (secondary N) is 1. The molecule has 2 aliphatic heterocycles. The van der Waals surface area contributed by atoms with Crippen molar-refractivity contribution in [3.63, 3.8) is 0 Å². The van der Waals surface area contributed by atoms with Gasteiger partial charge in [0.2, 0.25) is 10.0 Å². The molecule has 30 heavy (non-hydrogen) atoms. The minimum atomic E-state index is -3.26. The zero-order valence-corrected chi connectivity index (χ0v) is 21.3. The number of nitrogens with zero attached hydrogens (tertiary/aromatic N) is 3. The van der Waals surface area contributed by atoms with Gasteiger partial charge < -0.3 is 15.0 Å². The Morgan fingerprint density at radius 2 is 1.93 bits per heavy atom. The molecule has 1 N–H and O–H groups in total. The predicted octanol–water partition coefficient (Wildman–Crippen LogP) is 2.16. The van der Waals surface area contributed by atoms with Gasteiger partial charge in [-0.15, -0.1) is 24.0 Å². The highest BCUT2D eigenvalue weighted by atomic mass is 127. The van der Waals surface area contributed by atoms with Crippen LogP contribution >= 0.6 is 35.7 Å². The molecule has 11 heteroatoms. The number of hydrogen-bond donors (Lipinski definition) is 1. The first-order chi connectivity index (χ1) is 13.9. The molecule has 0 aliphatic carbocycles. The van der Waals surface area contributed by atoms with E-state index in [1.807, 2.05) is 6.92 Å². The summed E-state index contributed by atoms with van der Waals surface area (Å²) in [5.41, 5.74) is 0.906. The zero-order valence-electron chi connectivity index (χ0n) is 17.3. The Balaban J connectivity index is 0.00000320. The Morgan fingerprint density at radius 3 is 2.57 bits per heavy atom. The van der Waals surface area contributed by atoms with Gasteiger partial charge in [0.1, 0.15) is 11.9 Å². The van der Waals surface area contributed by atoms with Crippen LogP contribution in [0.15, 0.2) is 29.3 Å². The van der Waals surface area contributed by atoms with E-state index >= 15 is 0 Å². The molecule has 0 aromatic heterocycles. The fourth-order valence-corrected chi connectivity index (χ4v) is 6.06. The van der Waals surface area contributed by atoms with Crippen LogP contribution in [0.4, 0.5) is 4.39 Å². The summed E-state index contributed by atoms with van der Waals surface area (Å²) in [4.78, 5) is 6.39. The smallest absolute Gasteiger partial charge is 0.215 e. The fraction of sp³-hybridized carbons (Fsp3) is 0.632. The number of morpholine rings is 1. The van der Waals surface area contributed by atoms with Crippen molar-refractivity contribution in [1.82, 2.24) is 14.5 Å². The van der Waals surface area contributed by atoms with Gasteiger partial charge in [-0.3, -0.25) is 4.99 Å². The molecule has 2 heterocycles. The predicted molar refractivity (Wildman–Crippen MR) is 131 cm³/mol. The Hall–Kier alpha value is -0.630.